The molecule has 7 nitrogen and oxygen atoms in total. The zero-order valence-corrected chi connectivity index (χ0v) is 18.6. The fourth-order valence-electron chi connectivity index (χ4n) is 3.83. The molecule has 35 heavy (non-hydrogen) atoms. The summed E-state index contributed by atoms with van der Waals surface area (Å²) in [4.78, 5) is 8.15. The third-order valence-corrected chi connectivity index (χ3v) is 5.59. The van der Waals surface area contributed by atoms with Crippen molar-refractivity contribution in [3.8, 4) is 45.1 Å². The average Bonchev–Trinajstić information content (AvgIpc) is 3.61. The molecule has 0 saturated heterocycles. The van der Waals surface area contributed by atoms with Gasteiger partial charge in [-0.15, -0.1) is 0 Å². The normalized spacial score (nSPS) is 10.9. The maximum absolute atomic E-state index is 6.19. The lowest BCUT2D eigenvalue weighted by Crippen LogP contribution is -1.96. The minimum atomic E-state index is 0.721. The first-order valence-electron chi connectivity index (χ1n) is 11.1. The molecule has 0 spiro atoms. The van der Waals surface area contributed by atoms with E-state index in [1.165, 1.54) is 0 Å². The summed E-state index contributed by atoms with van der Waals surface area (Å²) in [6.45, 7) is 0. The molecule has 6 rings (SSSR count). The lowest BCUT2D eigenvalue weighted by molar-refractivity contribution is 0.481. The summed E-state index contributed by atoms with van der Waals surface area (Å²) >= 11 is 0. The van der Waals surface area contributed by atoms with Crippen LogP contribution in [0.5, 0.6) is 11.5 Å². The Bertz CT molecular complexity index is 1450. The fraction of sp³-hybridized carbons (Fsp3) is 0. The van der Waals surface area contributed by atoms with Gasteiger partial charge >= 0.3 is 0 Å². The summed E-state index contributed by atoms with van der Waals surface area (Å²) in [6.07, 6.45) is 14.8. The number of hydrogen-bond acceptors (Lipinski definition) is 5. The Balaban J connectivity index is 1.23. The minimum Gasteiger partial charge on any atom is -0.457 e. The van der Waals surface area contributed by atoms with Crippen LogP contribution in [0, 0.1) is 0 Å². The predicted molar refractivity (Wildman–Crippen MR) is 134 cm³/mol. The molecule has 0 fully saturated rings. The second-order valence-corrected chi connectivity index (χ2v) is 7.92. The summed E-state index contributed by atoms with van der Waals surface area (Å²) in [7, 11) is 0. The van der Waals surface area contributed by atoms with Crippen LogP contribution >= 0.6 is 0 Å². The zero-order chi connectivity index (χ0) is 23.5. The van der Waals surface area contributed by atoms with Gasteiger partial charge in [0.15, 0.2) is 0 Å². The van der Waals surface area contributed by atoms with E-state index in [1.54, 1.807) is 24.8 Å². The van der Waals surface area contributed by atoms with E-state index in [9.17, 15) is 0 Å². The Labute approximate surface area is 201 Å². The molecule has 4 aromatic heterocycles. The van der Waals surface area contributed by atoms with E-state index in [0.29, 0.717) is 0 Å². The van der Waals surface area contributed by atoms with E-state index in [1.807, 2.05) is 107 Å². The highest BCUT2D eigenvalue weighted by atomic mass is 16.5. The summed E-state index contributed by atoms with van der Waals surface area (Å²) in [5.74, 6) is 1.44. The van der Waals surface area contributed by atoms with Crippen LogP contribution in [0.25, 0.3) is 33.6 Å². The number of pyridine rings is 2. The number of aromatic nitrogens is 6. The quantitative estimate of drug-likeness (QED) is 0.309. The molecule has 2 aromatic carbocycles. The van der Waals surface area contributed by atoms with Crippen LogP contribution in [0.1, 0.15) is 0 Å². The molecule has 0 aliphatic carbocycles. The van der Waals surface area contributed by atoms with Gasteiger partial charge in [0.05, 0.1) is 23.8 Å². The summed E-state index contributed by atoms with van der Waals surface area (Å²) in [5, 5.41) is 9.03. The molecule has 0 atom stereocenters. The van der Waals surface area contributed by atoms with Crippen molar-refractivity contribution in [3.63, 3.8) is 0 Å². The van der Waals surface area contributed by atoms with Crippen LogP contribution in [0.15, 0.2) is 122 Å². The Morgan fingerprint density at radius 2 is 0.971 bits per heavy atom. The van der Waals surface area contributed by atoms with E-state index in [4.69, 9.17) is 4.74 Å². The molecule has 0 saturated carbocycles. The summed E-state index contributed by atoms with van der Waals surface area (Å²) < 4.78 is 9.86. The van der Waals surface area contributed by atoms with E-state index in [2.05, 4.69) is 20.2 Å². The fourth-order valence-corrected chi connectivity index (χ4v) is 3.83. The van der Waals surface area contributed by atoms with Crippen LogP contribution in [0.3, 0.4) is 0 Å². The Morgan fingerprint density at radius 3 is 1.43 bits per heavy atom. The molecule has 4 heterocycles. The Morgan fingerprint density at radius 1 is 0.514 bits per heavy atom. The van der Waals surface area contributed by atoms with Crippen molar-refractivity contribution in [2.45, 2.75) is 0 Å². The van der Waals surface area contributed by atoms with E-state index >= 15 is 0 Å². The van der Waals surface area contributed by atoms with Crippen molar-refractivity contribution in [3.05, 3.63) is 122 Å². The van der Waals surface area contributed by atoms with Gasteiger partial charge in [-0.3, -0.25) is 9.97 Å². The molecule has 0 radical (unpaired) electrons. The molecule has 0 aliphatic rings. The molecule has 6 aromatic rings. The number of nitrogens with zero attached hydrogens (tertiary/aromatic N) is 6. The highest BCUT2D eigenvalue weighted by molar-refractivity contribution is 5.62. The lowest BCUT2D eigenvalue weighted by Gasteiger charge is -2.09. The molecule has 0 amide bonds. The third kappa shape index (κ3) is 4.43. The van der Waals surface area contributed by atoms with Gasteiger partial charge in [0.2, 0.25) is 0 Å². The molecule has 7 heteroatoms. The van der Waals surface area contributed by atoms with Crippen LogP contribution in [0.2, 0.25) is 0 Å². The predicted octanol–water partition coefficient (Wildman–Crippen LogP) is 5.97. The van der Waals surface area contributed by atoms with Gasteiger partial charge in [-0.25, -0.2) is 9.36 Å². The highest BCUT2D eigenvalue weighted by Crippen LogP contribution is 2.27. The molecule has 0 aliphatic heterocycles. The highest BCUT2D eigenvalue weighted by Gasteiger charge is 2.07. The first kappa shape index (κ1) is 20.6. The molecule has 0 N–H and O–H groups in total. The van der Waals surface area contributed by atoms with Gasteiger partial charge in [-0.1, -0.05) is 12.1 Å². The van der Waals surface area contributed by atoms with Crippen molar-refractivity contribution in [2.24, 2.45) is 0 Å². The molecular formula is C28H20N6O. The van der Waals surface area contributed by atoms with E-state index in [0.717, 1.165) is 45.1 Å². The number of benzene rings is 2. The van der Waals surface area contributed by atoms with Gasteiger partial charge in [0.25, 0.3) is 0 Å². The van der Waals surface area contributed by atoms with Gasteiger partial charge in [-0.2, -0.15) is 10.2 Å². The van der Waals surface area contributed by atoms with Crippen LogP contribution in [-0.2, 0) is 0 Å². The first-order valence-corrected chi connectivity index (χ1v) is 11.1. The number of ether oxygens (including phenoxy) is 1. The van der Waals surface area contributed by atoms with Gasteiger partial charge in [0.1, 0.15) is 11.5 Å². The maximum atomic E-state index is 6.19. The lowest BCUT2D eigenvalue weighted by atomic mass is 10.1. The van der Waals surface area contributed by atoms with Crippen molar-refractivity contribution >= 4 is 0 Å². The molecule has 0 unspecified atom stereocenters. The largest absolute Gasteiger partial charge is 0.457 e. The van der Waals surface area contributed by atoms with Crippen LogP contribution in [-0.4, -0.2) is 29.5 Å². The van der Waals surface area contributed by atoms with Crippen molar-refractivity contribution < 1.29 is 4.74 Å². The van der Waals surface area contributed by atoms with Crippen molar-refractivity contribution in [1.82, 2.24) is 29.5 Å². The average molecular weight is 457 g/mol. The Hall–Kier alpha value is -5.04. The summed E-state index contributed by atoms with van der Waals surface area (Å²) in [6, 6.07) is 23.6. The minimum absolute atomic E-state index is 0.721. The standard InChI is InChI=1S/C28H20N6O/c1-3-25(33-19-23(17-31-33)21-7-11-29-12-8-21)15-27(5-1)35-28-6-2-4-26(16-28)34-20-24(18-32-34)22-9-13-30-14-10-22/h1-20H. The van der Waals surface area contributed by atoms with Crippen LogP contribution < -0.4 is 4.74 Å². The SMILES string of the molecule is c1cc(Oc2cccc(-n3cc(-c4ccncc4)cn3)c2)cc(-n2cc(-c3ccncc3)cn2)c1. The number of hydrogen-bond donors (Lipinski definition) is 0. The number of rotatable bonds is 6. The molecule has 168 valence electrons. The second-order valence-electron chi connectivity index (χ2n) is 7.92. The molecule has 0 bridgehead atoms. The second kappa shape index (κ2) is 9.07. The molecular weight excluding hydrogens is 436 g/mol. The summed E-state index contributed by atoms with van der Waals surface area (Å²) in [5.41, 5.74) is 6.01. The van der Waals surface area contributed by atoms with Gasteiger partial charge < -0.3 is 4.74 Å². The van der Waals surface area contributed by atoms with E-state index in [-0.39, 0.29) is 0 Å². The van der Waals surface area contributed by atoms with Gasteiger partial charge in [-0.05, 0) is 59.7 Å². The van der Waals surface area contributed by atoms with Crippen molar-refractivity contribution in [1.29, 1.82) is 0 Å². The topological polar surface area (TPSA) is 70.7 Å². The first-order chi connectivity index (χ1) is 17.3. The van der Waals surface area contributed by atoms with Crippen LogP contribution in [0.4, 0.5) is 0 Å². The Kier molecular flexibility index (Phi) is 5.33. The smallest absolute Gasteiger partial charge is 0.129 e. The maximum Gasteiger partial charge on any atom is 0.129 e. The van der Waals surface area contributed by atoms with E-state index < -0.39 is 0 Å². The van der Waals surface area contributed by atoms with Crippen molar-refractivity contribution in [2.75, 3.05) is 0 Å². The zero-order valence-electron chi connectivity index (χ0n) is 18.6. The van der Waals surface area contributed by atoms with Gasteiger partial charge in [0, 0.05) is 60.4 Å². The third-order valence-electron chi connectivity index (χ3n) is 5.59. The monoisotopic (exact) mass is 456 g/mol.